The zero-order valence-corrected chi connectivity index (χ0v) is 10.9. The monoisotopic (exact) mass is 245 g/mol. The lowest BCUT2D eigenvalue weighted by Crippen LogP contribution is -2.32. The Morgan fingerprint density at radius 3 is 2.78 bits per heavy atom. The van der Waals surface area contributed by atoms with Crippen LogP contribution >= 0.6 is 0 Å². The summed E-state index contributed by atoms with van der Waals surface area (Å²) in [6.45, 7) is 0.760. The molecule has 3 nitrogen and oxygen atoms in total. The van der Waals surface area contributed by atoms with E-state index in [1.807, 2.05) is 0 Å². The van der Waals surface area contributed by atoms with Gasteiger partial charge in [-0.25, -0.2) is 0 Å². The van der Waals surface area contributed by atoms with Crippen molar-refractivity contribution in [3.05, 3.63) is 34.9 Å². The van der Waals surface area contributed by atoms with Crippen molar-refractivity contribution in [1.29, 1.82) is 0 Å². The lowest BCUT2D eigenvalue weighted by Gasteiger charge is -2.18. The number of hydrogen-bond donors (Lipinski definition) is 3. The molecule has 1 aliphatic carbocycles. The van der Waals surface area contributed by atoms with Gasteiger partial charge in [0, 0.05) is 12.1 Å². The second kappa shape index (κ2) is 5.39. The number of benzene rings is 1. The Labute approximate surface area is 109 Å². The number of hydrogen-bond acceptors (Lipinski definition) is 3. The maximum Gasteiger partial charge on any atom is 0.0477 e. The van der Waals surface area contributed by atoms with Gasteiger partial charge in [0.2, 0.25) is 0 Å². The quantitative estimate of drug-likeness (QED) is 0.761. The first-order valence-electron chi connectivity index (χ1n) is 7.19. The van der Waals surface area contributed by atoms with E-state index in [0.29, 0.717) is 12.1 Å². The van der Waals surface area contributed by atoms with Crippen molar-refractivity contribution in [3.8, 4) is 0 Å². The van der Waals surface area contributed by atoms with Crippen LogP contribution in [0.5, 0.6) is 0 Å². The highest BCUT2D eigenvalue weighted by Gasteiger charge is 2.24. The zero-order chi connectivity index (χ0) is 12.4. The zero-order valence-electron chi connectivity index (χ0n) is 10.9. The van der Waals surface area contributed by atoms with Crippen LogP contribution in [-0.2, 0) is 12.8 Å². The Hall–Kier alpha value is -0.900. The minimum absolute atomic E-state index is 0.453. The molecular weight excluding hydrogens is 222 g/mol. The van der Waals surface area contributed by atoms with Crippen LogP contribution in [0.25, 0.3) is 0 Å². The van der Waals surface area contributed by atoms with Gasteiger partial charge < -0.3 is 5.73 Å². The van der Waals surface area contributed by atoms with Crippen LogP contribution in [0.3, 0.4) is 0 Å². The highest BCUT2D eigenvalue weighted by atomic mass is 15.4. The molecule has 1 saturated heterocycles. The third kappa shape index (κ3) is 2.44. The molecule has 1 fully saturated rings. The first kappa shape index (κ1) is 12.2. The van der Waals surface area contributed by atoms with Crippen molar-refractivity contribution in [2.24, 2.45) is 5.73 Å². The molecular formula is C15H23N3. The summed E-state index contributed by atoms with van der Waals surface area (Å²) in [5.41, 5.74) is 17.0. The topological polar surface area (TPSA) is 50.1 Å². The fourth-order valence-corrected chi connectivity index (χ4v) is 3.20. The van der Waals surface area contributed by atoms with E-state index >= 15 is 0 Å². The number of rotatable bonds is 3. The standard InChI is InChI=1S/C15H23N3/c16-8-7-14-10-15(18-17-14)13-6-5-11-3-1-2-4-12(11)9-13/h5-6,9,14-15,17-18H,1-4,7-8,10,16H2. The number of nitrogens with one attached hydrogen (secondary N) is 2. The molecule has 0 spiro atoms. The fraction of sp³-hybridized carbons (Fsp3) is 0.600. The molecule has 4 N–H and O–H groups in total. The predicted molar refractivity (Wildman–Crippen MR) is 74.2 cm³/mol. The molecule has 0 aromatic heterocycles. The number of nitrogens with two attached hydrogens (primary N) is 1. The molecule has 2 atom stereocenters. The average Bonchev–Trinajstić information content (AvgIpc) is 2.87. The van der Waals surface area contributed by atoms with E-state index in [2.05, 4.69) is 29.1 Å². The Kier molecular flexibility index (Phi) is 3.64. The van der Waals surface area contributed by atoms with Crippen LogP contribution in [0.15, 0.2) is 18.2 Å². The minimum atomic E-state index is 0.453. The Morgan fingerprint density at radius 1 is 1.11 bits per heavy atom. The molecule has 0 amide bonds. The van der Waals surface area contributed by atoms with Crippen molar-refractivity contribution in [3.63, 3.8) is 0 Å². The molecule has 2 unspecified atom stereocenters. The molecule has 0 saturated carbocycles. The summed E-state index contributed by atoms with van der Waals surface area (Å²) in [5, 5.41) is 0. The van der Waals surface area contributed by atoms with E-state index < -0.39 is 0 Å². The molecule has 3 rings (SSSR count). The maximum absolute atomic E-state index is 5.62. The molecule has 18 heavy (non-hydrogen) atoms. The summed E-state index contributed by atoms with van der Waals surface area (Å²) in [6.07, 6.45) is 7.43. The van der Waals surface area contributed by atoms with Gasteiger partial charge in [0.1, 0.15) is 0 Å². The molecule has 0 radical (unpaired) electrons. The van der Waals surface area contributed by atoms with Crippen LogP contribution in [0.1, 0.15) is 48.4 Å². The van der Waals surface area contributed by atoms with Gasteiger partial charge in [0.05, 0.1) is 0 Å². The van der Waals surface area contributed by atoms with Gasteiger partial charge in [-0.3, -0.25) is 10.9 Å². The molecule has 0 bridgehead atoms. The van der Waals surface area contributed by atoms with Crippen LogP contribution in [0, 0.1) is 0 Å². The van der Waals surface area contributed by atoms with Crippen LogP contribution < -0.4 is 16.6 Å². The SMILES string of the molecule is NCCC1CC(c2ccc3c(c2)CCCC3)NN1. The van der Waals surface area contributed by atoms with E-state index in [1.165, 1.54) is 31.2 Å². The summed E-state index contributed by atoms with van der Waals surface area (Å²) in [7, 11) is 0. The summed E-state index contributed by atoms with van der Waals surface area (Å²) >= 11 is 0. The van der Waals surface area contributed by atoms with Crippen molar-refractivity contribution in [1.82, 2.24) is 10.9 Å². The van der Waals surface area contributed by atoms with E-state index in [9.17, 15) is 0 Å². The molecule has 1 heterocycles. The van der Waals surface area contributed by atoms with Gasteiger partial charge >= 0.3 is 0 Å². The minimum Gasteiger partial charge on any atom is -0.330 e. The smallest absolute Gasteiger partial charge is 0.0477 e. The van der Waals surface area contributed by atoms with Gasteiger partial charge in [-0.2, -0.15) is 0 Å². The second-order valence-corrected chi connectivity index (χ2v) is 5.59. The second-order valence-electron chi connectivity index (χ2n) is 5.59. The van der Waals surface area contributed by atoms with Gasteiger partial charge in [0.25, 0.3) is 0 Å². The lowest BCUT2D eigenvalue weighted by molar-refractivity contribution is 0.521. The average molecular weight is 245 g/mol. The number of hydrazine groups is 1. The van der Waals surface area contributed by atoms with Gasteiger partial charge in [0.15, 0.2) is 0 Å². The predicted octanol–water partition coefficient (Wildman–Crippen LogP) is 1.82. The van der Waals surface area contributed by atoms with E-state index in [1.54, 1.807) is 11.1 Å². The summed E-state index contributed by atoms with van der Waals surface area (Å²) < 4.78 is 0. The molecule has 2 aliphatic rings. The molecule has 98 valence electrons. The van der Waals surface area contributed by atoms with E-state index in [-0.39, 0.29) is 0 Å². The molecule has 1 aromatic rings. The van der Waals surface area contributed by atoms with Crippen molar-refractivity contribution in [2.75, 3.05) is 6.54 Å². The fourth-order valence-electron chi connectivity index (χ4n) is 3.20. The number of aryl methyl sites for hydroxylation is 2. The largest absolute Gasteiger partial charge is 0.330 e. The van der Waals surface area contributed by atoms with Crippen LogP contribution in [0.2, 0.25) is 0 Å². The van der Waals surface area contributed by atoms with Crippen LogP contribution in [0.4, 0.5) is 0 Å². The van der Waals surface area contributed by atoms with Crippen molar-refractivity contribution < 1.29 is 0 Å². The first-order valence-corrected chi connectivity index (χ1v) is 7.19. The summed E-state index contributed by atoms with van der Waals surface area (Å²) in [5.74, 6) is 0. The molecule has 3 heteroatoms. The van der Waals surface area contributed by atoms with Crippen molar-refractivity contribution in [2.45, 2.75) is 50.6 Å². The van der Waals surface area contributed by atoms with Gasteiger partial charge in [-0.05, 0) is 61.8 Å². The third-order valence-corrected chi connectivity index (χ3v) is 4.27. The Bertz CT molecular complexity index is 416. The Morgan fingerprint density at radius 2 is 1.94 bits per heavy atom. The summed E-state index contributed by atoms with van der Waals surface area (Å²) in [4.78, 5) is 0. The van der Waals surface area contributed by atoms with Crippen molar-refractivity contribution >= 4 is 0 Å². The van der Waals surface area contributed by atoms with E-state index in [4.69, 9.17) is 5.73 Å². The van der Waals surface area contributed by atoms with Gasteiger partial charge in [-0.15, -0.1) is 0 Å². The summed E-state index contributed by atoms with van der Waals surface area (Å²) in [6, 6.07) is 8.03. The first-order chi connectivity index (χ1) is 8.86. The highest BCUT2D eigenvalue weighted by molar-refractivity contribution is 5.35. The van der Waals surface area contributed by atoms with Crippen LogP contribution in [-0.4, -0.2) is 12.6 Å². The third-order valence-electron chi connectivity index (χ3n) is 4.27. The highest BCUT2D eigenvalue weighted by Crippen LogP contribution is 2.28. The number of fused-ring (bicyclic) bond motifs is 1. The lowest BCUT2D eigenvalue weighted by atomic mass is 9.88. The Balaban J connectivity index is 1.73. The molecule has 1 aliphatic heterocycles. The maximum atomic E-state index is 5.62. The molecule has 1 aromatic carbocycles. The normalized spacial score (nSPS) is 27.2. The van der Waals surface area contributed by atoms with Gasteiger partial charge in [-0.1, -0.05) is 18.2 Å². The van der Waals surface area contributed by atoms with E-state index in [0.717, 1.165) is 19.4 Å².